The summed E-state index contributed by atoms with van der Waals surface area (Å²) >= 11 is 0. The molecular formula is C24H33N3O4S. The van der Waals surface area contributed by atoms with Crippen molar-refractivity contribution in [2.45, 2.75) is 59.0 Å². The molecule has 0 bridgehead atoms. The van der Waals surface area contributed by atoms with E-state index in [1.807, 2.05) is 13.8 Å². The maximum absolute atomic E-state index is 12.8. The van der Waals surface area contributed by atoms with Crippen LogP contribution in [0.3, 0.4) is 0 Å². The molecular weight excluding hydrogens is 426 g/mol. The smallest absolute Gasteiger partial charge is 0.255 e. The highest BCUT2D eigenvalue weighted by Gasteiger charge is 2.23. The average molecular weight is 460 g/mol. The van der Waals surface area contributed by atoms with Gasteiger partial charge in [0.05, 0.1) is 17.5 Å². The molecule has 0 aliphatic carbocycles. The number of carbonyl (C=O) groups excluding carboxylic acids is 1. The van der Waals surface area contributed by atoms with Crippen molar-refractivity contribution in [1.82, 2.24) is 0 Å². The zero-order valence-electron chi connectivity index (χ0n) is 19.6. The van der Waals surface area contributed by atoms with E-state index in [1.165, 1.54) is 0 Å². The topological polar surface area (TPSA) is 87.7 Å². The van der Waals surface area contributed by atoms with E-state index in [2.05, 4.69) is 40.9 Å². The largest absolute Gasteiger partial charge is 0.372 e. The van der Waals surface area contributed by atoms with E-state index in [1.54, 1.807) is 38.1 Å². The summed E-state index contributed by atoms with van der Waals surface area (Å²) in [4.78, 5) is 15.1. The summed E-state index contributed by atoms with van der Waals surface area (Å²) in [7, 11) is -3.43. The molecule has 1 fully saturated rings. The number of nitrogens with one attached hydrogen (secondary N) is 2. The summed E-state index contributed by atoms with van der Waals surface area (Å²) in [6.45, 7) is 13.0. The number of morpholine rings is 1. The van der Waals surface area contributed by atoms with Gasteiger partial charge in [-0.3, -0.25) is 9.52 Å². The Morgan fingerprint density at radius 3 is 2.06 bits per heavy atom. The summed E-state index contributed by atoms with van der Waals surface area (Å²) in [5.41, 5.74) is 4.78. The number of hydrogen-bond acceptors (Lipinski definition) is 5. The number of nitrogens with zero attached hydrogens (tertiary/aromatic N) is 1. The molecule has 3 rings (SSSR count). The Balaban J connectivity index is 1.73. The van der Waals surface area contributed by atoms with Crippen molar-refractivity contribution >= 4 is 33.0 Å². The maximum atomic E-state index is 12.8. The molecule has 2 aromatic carbocycles. The first-order valence-electron chi connectivity index (χ1n) is 10.9. The lowest BCUT2D eigenvalue weighted by atomic mass is 10.0. The number of ether oxygens (including phenoxy) is 1. The number of sulfonamides is 1. The molecule has 0 unspecified atom stereocenters. The highest BCUT2D eigenvalue weighted by Crippen LogP contribution is 2.29. The number of hydrogen-bond donors (Lipinski definition) is 2. The first-order chi connectivity index (χ1) is 15.0. The van der Waals surface area contributed by atoms with Crippen LogP contribution in [0.2, 0.25) is 0 Å². The molecule has 0 radical (unpaired) electrons. The summed E-state index contributed by atoms with van der Waals surface area (Å²) in [6, 6.07) is 10.6. The van der Waals surface area contributed by atoms with Crippen LogP contribution in [-0.4, -0.2) is 44.9 Å². The van der Waals surface area contributed by atoms with Crippen LogP contribution in [0.25, 0.3) is 0 Å². The van der Waals surface area contributed by atoms with E-state index in [0.29, 0.717) is 11.3 Å². The zero-order chi connectivity index (χ0) is 23.6. The Morgan fingerprint density at radius 2 is 1.56 bits per heavy atom. The molecule has 2 aromatic rings. The molecule has 32 heavy (non-hydrogen) atoms. The van der Waals surface area contributed by atoms with Crippen LogP contribution >= 0.6 is 0 Å². The number of aryl methyl sites for hydroxylation is 2. The third-order valence-corrected chi connectivity index (χ3v) is 7.33. The second kappa shape index (κ2) is 9.50. The normalized spacial score (nSPS) is 19.2. The minimum absolute atomic E-state index is 0.173. The fourth-order valence-electron chi connectivity index (χ4n) is 3.87. The lowest BCUT2D eigenvalue weighted by molar-refractivity contribution is -0.00522. The predicted octanol–water partition coefficient (Wildman–Crippen LogP) is 4.32. The van der Waals surface area contributed by atoms with Gasteiger partial charge in [0.1, 0.15) is 0 Å². The monoisotopic (exact) mass is 459 g/mol. The molecule has 0 saturated carbocycles. The summed E-state index contributed by atoms with van der Waals surface area (Å²) < 4.78 is 32.4. The lowest BCUT2D eigenvalue weighted by Gasteiger charge is -2.37. The number of carbonyl (C=O) groups is 1. The van der Waals surface area contributed by atoms with E-state index >= 15 is 0 Å². The van der Waals surface area contributed by atoms with Crippen molar-refractivity contribution in [3.8, 4) is 0 Å². The Morgan fingerprint density at radius 1 is 1.03 bits per heavy atom. The highest BCUT2D eigenvalue weighted by atomic mass is 32.2. The van der Waals surface area contributed by atoms with E-state index in [0.717, 1.165) is 35.6 Å². The van der Waals surface area contributed by atoms with Crippen molar-refractivity contribution < 1.29 is 17.9 Å². The second-order valence-electron chi connectivity index (χ2n) is 8.84. The van der Waals surface area contributed by atoms with E-state index < -0.39 is 15.3 Å². The summed E-state index contributed by atoms with van der Waals surface area (Å²) in [6.07, 6.45) is 0.346. The first kappa shape index (κ1) is 24.1. The van der Waals surface area contributed by atoms with Crippen LogP contribution in [0.15, 0.2) is 36.4 Å². The Hall–Kier alpha value is -2.58. The molecule has 1 heterocycles. The van der Waals surface area contributed by atoms with Gasteiger partial charge in [0, 0.05) is 35.7 Å². The zero-order valence-corrected chi connectivity index (χ0v) is 20.4. The molecule has 0 aromatic heterocycles. The number of benzene rings is 2. The second-order valence-corrected chi connectivity index (χ2v) is 11.1. The van der Waals surface area contributed by atoms with Gasteiger partial charge in [-0.2, -0.15) is 0 Å². The molecule has 2 N–H and O–H groups in total. The van der Waals surface area contributed by atoms with Crippen LogP contribution < -0.4 is 14.9 Å². The van der Waals surface area contributed by atoms with E-state index in [4.69, 9.17) is 4.74 Å². The van der Waals surface area contributed by atoms with Crippen LogP contribution in [0.5, 0.6) is 0 Å². The standard InChI is InChI=1S/C24H33N3O4S/c1-15(2)32(29,30)26-21-9-7-20(8-10-21)24(28)25-23-16(3)11-22(12-17(23)4)27-13-18(5)31-19(6)14-27/h7-12,15,18-19,26H,13-14H2,1-6H3,(H,25,28)/t18-,19+. The molecule has 1 amide bonds. The van der Waals surface area contributed by atoms with Gasteiger partial charge in [0.15, 0.2) is 0 Å². The molecule has 7 nitrogen and oxygen atoms in total. The van der Waals surface area contributed by atoms with E-state index in [-0.39, 0.29) is 18.1 Å². The van der Waals surface area contributed by atoms with Gasteiger partial charge < -0.3 is 15.0 Å². The average Bonchev–Trinajstić information content (AvgIpc) is 2.69. The van der Waals surface area contributed by atoms with Crippen LogP contribution in [0, 0.1) is 13.8 Å². The molecule has 1 aliphatic rings. The van der Waals surface area contributed by atoms with Crippen molar-refractivity contribution in [2.24, 2.45) is 0 Å². The fraction of sp³-hybridized carbons (Fsp3) is 0.458. The summed E-state index contributed by atoms with van der Waals surface area (Å²) in [5, 5.41) is 2.47. The minimum Gasteiger partial charge on any atom is -0.372 e. The van der Waals surface area contributed by atoms with Gasteiger partial charge in [-0.05, 0) is 89.1 Å². The fourth-order valence-corrected chi connectivity index (χ4v) is 4.57. The molecule has 8 heteroatoms. The van der Waals surface area contributed by atoms with Gasteiger partial charge in [0.2, 0.25) is 10.0 Å². The lowest BCUT2D eigenvalue weighted by Crippen LogP contribution is -2.45. The van der Waals surface area contributed by atoms with E-state index in [9.17, 15) is 13.2 Å². The molecule has 0 spiro atoms. The van der Waals surface area contributed by atoms with Crippen LogP contribution in [0.4, 0.5) is 17.1 Å². The van der Waals surface area contributed by atoms with Gasteiger partial charge in [0.25, 0.3) is 5.91 Å². The maximum Gasteiger partial charge on any atom is 0.255 e. The highest BCUT2D eigenvalue weighted by molar-refractivity contribution is 7.93. The SMILES string of the molecule is Cc1cc(N2C[C@@H](C)O[C@@H](C)C2)cc(C)c1NC(=O)c1ccc(NS(=O)(=O)C(C)C)cc1. The van der Waals surface area contributed by atoms with Crippen molar-refractivity contribution in [3.63, 3.8) is 0 Å². The third-order valence-electron chi connectivity index (χ3n) is 5.57. The minimum atomic E-state index is -3.43. The first-order valence-corrected chi connectivity index (χ1v) is 12.5. The predicted molar refractivity (Wildman–Crippen MR) is 130 cm³/mol. The number of rotatable bonds is 6. The molecule has 1 aliphatic heterocycles. The number of anilines is 3. The molecule has 1 saturated heterocycles. The van der Waals surface area contributed by atoms with Gasteiger partial charge in [-0.1, -0.05) is 0 Å². The molecule has 174 valence electrons. The Bertz CT molecular complexity index is 1050. The van der Waals surface area contributed by atoms with Crippen molar-refractivity contribution in [1.29, 1.82) is 0 Å². The van der Waals surface area contributed by atoms with Gasteiger partial charge in [-0.25, -0.2) is 8.42 Å². The Kier molecular flexibility index (Phi) is 7.15. The van der Waals surface area contributed by atoms with Crippen LogP contribution in [0.1, 0.15) is 49.2 Å². The quantitative estimate of drug-likeness (QED) is 0.672. The van der Waals surface area contributed by atoms with Gasteiger partial charge in [-0.15, -0.1) is 0 Å². The Labute approximate surface area is 191 Å². The molecule has 2 atom stereocenters. The van der Waals surface area contributed by atoms with Crippen molar-refractivity contribution in [2.75, 3.05) is 28.0 Å². The number of amides is 1. The summed E-state index contributed by atoms with van der Waals surface area (Å²) in [5.74, 6) is -0.240. The van der Waals surface area contributed by atoms with Crippen molar-refractivity contribution in [3.05, 3.63) is 53.1 Å². The van der Waals surface area contributed by atoms with Gasteiger partial charge >= 0.3 is 0 Å². The van der Waals surface area contributed by atoms with Crippen LogP contribution in [-0.2, 0) is 14.8 Å². The third kappa shape index (κ3) is 5.61.